The Balaban J connectivity index is 2.26. The summed E-state index contributed by atoms with van der Waals surface area (Å²) in [5.74, 6) is 0. The van der Waals surface area contributed by atoms with E-state index in [4.69, 9.17) is 10.5 Å². The van der Waals surface area contributed by atoms with E-state index < -0.39 is 0 Å². The number of para-hydroxylation sites is 1. The molecule has 1 aromatic carbocycles. The molecular weight excluding hydrogens is 200 g/mol. The van der Waals surface area contributed by atoms with Crippen molar-refractivity contribution in [2.45, 2.75) is 26.7 Å². The van der Waals surface area contributed by atoms with Gasteiger partial charge in [0.2, 0.25) is 0 Å². The molecule has 0 saturated carbocycles. The number of anilines is 2. The normalized spacial score (nSPS) is 10.4. The molecule has 0 aliphatic rings. The topological polar surface area (TPSA) is 47.3 Å². The first-order valence-electron chi connectivity index (χ1n) is 5.92. The maximum atomic E-state index is 5.89. The van der Waals surface area contributed by atoms with Gasteiger partial charge in [0.25, 0.3) is 0 Å². The van der Waals surface area contributed by atoms with Gasteiger partial charge in [-0.05, 0) is 31.4 Å². The molecular formula is C13H22N2O. The van der Waals surface area contributed by atoms with Crippen molar-refractivity contribution in [2.75, 3.05) is 30.8 Å². The van der Waals surface area contributed by atoms with Crippen LogP contribution in [0.1, 0.15) is 25.3 Å². The number of hydrogen-bond donors (Lipinski definition) is 2. The lowest BCUT2D eigenvalue weighted by molar-refractivity contribution is 0.134. The molecule has 0 heterocycles. The monoisotopic (exact) mass is 222 g/mol. The lowest BCUT2D eigenvalue weighted by Crippen LogP contribution is -2.08. The Hall–Kier alpha value is -1.22. The largest absolute Gasteiger partial charge is 0.397 e. The summed E-state index contributed by atoms with van der Waals surface area (Å²) in [7, 11) is 0. The molecule has 3 nitrogen and oxygen atoms in total. The van der Waals surface area contributed by atoms with Crippen molar-refractivity contribution >= 4 is 11.4 Å². The minimum atomic E-state index is 0.812. The van der Waals surface area contributed by atoms with Crippen LogP contribution in [-0.4, -0.2) is 19.8 Å². The Kier molecular flexibility index (Phi) is 5.72. The molecule has 0 bridgehead atoms. The fourth-order valence-electron chi connectivity index (χ4n) is 1.57. The second-order valence-corrected chi connectivity index (χ2v) is 3.93. The third-order valence-corrected chi connectivity index (χ3v) is 2.42. The molecule has 3 N–H and O–H groups in total. The van der Waals surface area contributed by atoms with Crippen molar-refractivity contribution in [3.05, 3.63) is 23.8 Å². The quantitative estimate of drug-likeness (QED) is 0.551. The van der Waals surface area contributed by atoms with Gasteiger partial charge >= 0.3 is 0 Å². The number of nitrogens with one attached hydrogen (secondary N) is 1. The molecule has 1 aromatic rings. The summed E-state index contributed by atoms with van der Waals surface area (Å²) in [5, 5.41) is 3.35. The van der Waals surface area contributed by atoms with Gasteiger partial charge in [-0.2, -0.15) is 0 Å². The highest BCUT2D eigenvalue weighted by Gasteiger charge is 2.00. The standard InChI is InChI=1S/C13H22N2O/c1-3-9-16-10-5-8-15-13-11(2)6-4-7-12(13)14/h4,6-7,15H,3,5,8-10,14H2,1-2H3. The van der Waals surface area contributed by atoms with Gasteiger partial charge in [0.05, 0.1) is 11.4 Å². The molecule has 0 spiro atoms. The summed E-state index contributed by atoms with van der Waals surface area (Å²) < 4.78 is 5.41. The van der Waals surface area contributed by atoms with Crippen molar-refractivity contribution in [1.29, 1.82) is 0 Å². The smallest absolute Gasteiger partial charge is 0.0603 e. The first-order valence-corrected chi connectivity index (χ1v) is 5.92. The average Bonchev–Trinajstić information content (AvgIpc) is 2.26. The first-order chi connectivity index (χ1) is 7.75. The maximum absolute atomic E-state index is 5.89. The Labute approximate surface area is 98.0 Å². The molecule has 0 aliphatic carbocycles. The molecule has 0 aromatic heterocycles. The molecule has 0 saturated heterocycles. The highest BCUT2D eigenvalue weighted by molar-refractivity contribution is 5.69. The third kappa shape index (κ3) is 4.11. The Bertz CT molecular complexity index is 293. The van der Waals surface area contributed by atoms with Gasteiger partial charge in [0.1, 0.15) is 0 Å². The summed E-state index contributed by atoms with van der Waals surface area (Å²) in [6, 6.07) is 5.95. The van der Waals surface area contributed by atoms with Crippen molar-refractivity contribution in [1.82, 2.24) is 0 Å². The van der Waals surface area contributed by atoms with E-state index in [9.17, 15) is 0 Å². The summed E-state index contributed by atoms with van der Waals surface area (Å²) in [6.45, 7) is 6.75. The fraction of sp³-hybridized carbons (Fsp3) is 0.538. The Morgan fingerprint density at radius 2 is 2.12 bits per heavy atom. The van der Waals surface area contributed by atoms with Crippen molar-refractivity contribution < 1.29 is 4.74 Å². The SMILES string of the molecule is CCCOCCCNc1c(C)cccc1N. The molecule has 0 aliphatic heterocycles. The highest BCUT2D eigenvalue weighted by Crippen LogP contribution is 2.22. The van der Waals surface area contributed by atoms with Crippen LogP contribution in [0.25, 0.3) is 0 Å². The lowest BCUT2D eigenvalue weighted by Gasteiger charge is -2.12. The average molecular weight is 222 g/mol. The summed E-state index contributed by atoms with van der Waals surface area (Å²) >= 11 is 0. The van der Waals surface area contributed by atoms with Gasteiger partial charge in [0, 0.05) is 19.8 Å². The molecule has 16 heavy (non-hydrogen) atoms. The van der Waals surface area contributed by atoms with Crippen LogP contribution >= 0.6 is 0 Å². The Morgan fingerprint density at radius 1 is 1.31 bits per heavy atom. The van der Waals surface area contributed by atoms with E-state index in [1.165, 1.54) is 5.56 Å². The van der Waals surface area contributed by atoms with E-state index in [0.717, 1.165) is 44.0 Å². The van der Waals surface area contributed by atoms with Crippen molar-refractivity contribution in [2.24, 2.45) is 0 Å². The number of nitrogens with two attached hydrogens (primary N) is 1. The Morgan fingerprint density at radius 3 is 2.81 bits per heavy atom. The van der Waals surface area contributed by atoms with E-state index in [0.29, 0.717) is 0 Å². The third-order valence-electron chi connectivity index (χ3n) is 2.42. The molecule has 0 fully saturated rings. The predicted octanol–water partition coefficient (Wildman–Crippen LogP) is 2.81. The van der Waals surface area contributed by atoms with E-state index in [2.05, 4.69) is 25.2 Å². The zero-order valence-corrected chi connectivity index (χ0v) is 10.3. The minimum absolute atomic E-state index is 0.812. The second kappa shape index (κ2) is 7.12. The maximum Gasteiger partial charge on any atom is 0.0603 e. The van der Waals surface area contributed by atoms with E-state index in [-0.39, 0.29) is 0 Å². The fourth-order valence-corrected chi connectivity index (χ4v) is 1.57. The van der Waals surface area contributed by atoms with Crippen LogP contribution in [0.2, 0.25) is 0 Å². The summed E-state index contributed by atoms with van der Waals surface area (Å²) in [5.41, 5.74) is 8.95. The van der Waals surface area contributed by atoms with Crippen LogP contribution in [-0.2, 0) is 4.74 Å². The summed E-state index contributed by atoms with van der Waals surface area (Å²) in [6.07, 6.45) is 2.09. The van der Waals surface area contributed by atoms with E-state index >= 15 is 0 Å². The van der Waals surface area contributed by atoms with E-state index in [1.54, 1.807) is 0 Å². The molecule has 90 valence electrons. The van der Waals surface area contributed by atoms with Crippen LogP contribution in [0.5, 0.6) is 0 Å². The minimum Gasteiger partial charge on any atom is -0.397 e. The van der Waals surface area contributed by atoms with Crippen LogP contribution in [0.4, 0.5) is 11.4 Å². The van der Waals surface area contributed by atoms with Crippen molar-refractivity contribution in [3.8, 4) is 0 Å². The molecule has 0 amide bonds. The highest BCUT2D eigenvalue weighted by atomic mass is 16.5. The number of rotatable bonds is 7. The second-order valence-electron chi connectivity index (χ2n) is 3.93. The van der Waals surface area contributed by atoms with Crippen LogP contribution in [0.3, 0.4) is 0 Å². The first kappa shape index (κ1) is 12.8. The van der Waals surface area contributed by atoms with Gasteiger partial charge < -0.3 is 15.8 Å². The molecule has 3 heteroatoms. The van der Waals surface area contributed by atoms with Gasteiger partial charge in [-0.15, -0.1) is 0 Å². The molecule has 0 radical (unpaired) electrons. The molecule has 0 atom stereocenters. The van der Waals surface area contributed by atoms with E-state index in [1.807, 2.05) is 12.1 Å². The molecule has 1 rings (SSSR count). The number of ether oxygens (including phenoxy) is 1. The van der Waals surface area contributed by atoms with Crippen LogP contribution < -0.4 is 11.1 Å². The number of benzene rings is 1. The van der Waals surface area contributed by atoms with Crippen LogP contribution in [0, 0.1) is 6.92 Å². The summed E-state index contributed by atoms with van der Waals surface area (Å²) in [4.78, 5) is 0. The van der Waals surface area contributed by atoms with Crippen molar-refractivity contribution in [3.63, 3.8) is 0 Å². The zero-order valence-electron chi connectivity index (χ0n) is 10.3. The molecule has 0 unspecified atom stereocenters. The van der Waals surface area contributed by atoms with Gasteiger partial charge in [-0.3, -0.25) is 0 Å². The zero-order chi connectivity index (χ0) is 11.8. The van der Waals surface area contributed by atoms with Gasteiger partial charge in [-0.1, -0.05) is 19.1 Å². The van der Waals surface area contributed by atoms with Gasteiger partial charge in [-0.25, -0.2) is 0 Å². The lowest BCUT2D eigenvalue weighted by atomic mass is 10.1. The number of aryl methyl sites for hydroxylation is 1. The number of nitrogen functional groups attached to an aromatic ring is 1. The number of hydrogen-bond acceptors (Lipinski definition) is 3. The van der Waals surface area contributed by atoms with Gasteiger partial charge in [0.15, 0.2) is 0 Å². The van der Waals surface area contributed by atoms with Crippen LogP contribution in [0.15, 0.2) is 18.2 Å². The predicted molar refractivity (Wildman–Crippen MR) is 69.8 cm³/mol.